The van der Waals surface area contributed by atoms with E-state index in [1.54, 1.807) is 49.6 Å². The van der Waals surface area contributed by atoms with Crippen molar-refractivity contribution in [3.05, 3.63) is 94.5 Å². The molecule has 0 bridgehead atoms. The van der Waals surface area contributed by atoms with Crippen LogP contribution < -0.4 is 10.1 Å². The second-order valence-electron chi connectivity index (χ2n) is 5.73. The number of methoxy groups -OCH3 is 1. The number of hydrogen-bond acceptors (Lipinski definition) is 3. The van der Waals surface area contributed by atoms with E-state index in [0.29, 0.717) is 33.1 Å². The molecule has 1 amide bonds. The lowest BCUT2D eigenvalue weighted by molar-refractivity contribution is 0.102. The highest BCUT2D eigenvalue weighted by Crippen LogP contribution is 2.31. The number of carbonyl (C=O) groups is 1. The summed E-state index contributed by atoms with van der Waals surface area (Å²) in [6.07, 6.45) is -0.907. The average Bonchev–Trinajstić information content (AvgIpc) is 2.69. The summed E-state index contributed by atoms with van der Waals surface area (Å²) < 4.78 is 5.15. The third-order valence-electron chi connectivity index (χ3n) is 4.00. The Morgan fingerprint density at radius 1 is 1.04 bits per heavy atom. The van der Waals surface area contributed by atoms with Crippen LogP contribution in [0.1, 0.15) is 27.6 Å². The van der Waals surface area contributed by atoms with E-state index in [-0.39, 0.29) is 5.91 Å². The summed E-state index contributed by atoms with van der Waals surface area (Å²) in [4.78, 5) is 12.6. The Labute approximate surface area is 157 Å². The van der Waals surface area contributed by atoms with Crippen LogP contribution >= 0.6 is 11.6 Å². The van der Waals surface area contributed by atoms with Gasteiger partial charge in [0.05, 0.1) is 7.11 Å². The minimum absolute atomic E-state index is 0.298. The first-order chi connectivity index (χ1) is 12.6. The quantitative estimate of drug-likeness (QED) is 0.688. The van der Waals surface area contributed by atoms with E-state index in [2.05, 4.69) is 5.32 Å². The van der Waals surface area contributed by atoms with Gasteiger partial charge < -0.3 is 15.2 Å². The number of aliphatic hydroxyl groups is 1. The highest BCUT2D eigenvalue weighted by atomic mass is 35.5. The molecule has 4 nitrogen and oxygen atoms in total. The van der Waals surface area contributed by atoms with Crippen molar-refractivity contribution in [1.29, 1.82) is 0 Å². The van der Waals surface area contributed by atoms with Crippen LogP contribution in [-0.4, -0.2) is 18.1 Å². The molecule has 26 heavy (non-hydrogen) atoms. The summed E-state index contributed by atoms with van der Waals surface area (Å²) in [5.74, 6) is 0.297. The first kappa shape index (κ1) is 18.0. The van der Waals surface area contributed by atoms with E-state index < -0.39 is 6.10 Å². The standard InChI is InChI=1S/C21H18ClNO3/c1-26-17-9-5-8-15(12-17)21(25)23-19-11-10-16(22)13-18(19)20(24)14-6-3-2-4-7-14/h2-13,20,24H,1H3,(H,23,25)/t20-/m0/s1. The third-order valence-corrected chi connectivity index (χ3v) is 4.24. The largest absolute Gasteiger partial charge is 0.497 e. The van der Waals surface area contributed by atoms with Gasteiger partial charge >= 0.3 is 0 Å². The molecule has 0 radical (unpaired) electrons. The molecule has 132 valence electrons. The van der Waals surface area contributed by atoms with E-state index in [9.17, 15) is 9.90 Å². The molecule has 0 unspecified atom stereocenters. The van der Waals surface area contributed by atoms with Crippen LogP contribution in [0.25, 0.3) is 0 Å². The van der Waals surface area contributed by atoms with Crippen LogP contribution in [-0.2, 0) is 0 Å². The van der Waals surface area contributed by atoms with Crippen LogP contribution in [0.3, 0.4) is 0 Å². The molecular formula is C21H18ClNO3. The molecule has 3 aromatic carbocycles. The Bertz CT molecular complexity index is 912. The predicted molar refractivity (Wildman–Crippen MR) is 103 cm³/mol. The molecule has 0 heterocycles. The molecule has 0 spiro atoms. The molecule has 0 aliphatic rings. The van der Waals surface area contributed by atoms with Gasteiger partial charge in [-0.2, -0.15) is 0 Å². The van der Waals surface area contributed by atoms with Crippen molar-refractivity contribution in [1.82, 2.24) is 0 Å². The fourth-order valence-corrected chi connectivity index (χ4v) is 2.83. The van der Waals surface area contributed by atoms with Crippen LogP contribution in [0, 0.1) is 0 Å². The molecule has 2 N–H and O–H groups in total. The minimum atomic E-state index is -0.907. The van der Waals surface area contributed by atoms with Crippen LogP contribution in [0.2, 0.25) is 5.02 Å². The van der Waals surface area contributed by atoms with Gasteiger partial charge in [-0.1, -0.05) is 48.0 Å². The summed E-state index contributed by atoms with van der Waals surface area (Å²) in [7, 11) is 1.55. The summed E-state index contributed by atoms with van der Waals surface area (Å²) >= 11 is 6.10. The molecule has 0 aliphatic carbocycles. The summed E-state index contributed by atoms with van der Waals surface area (Å²) in [5.41, 5.74) is 2.20. The van der Waals surface area contributed by atoms with Crippen molar-refractivity contribution in [2.24, 2.45) is 0 Å². The first-order valence-corrected chi connectivity index (χ1v) is 8.44. The maximum atomic E-state index is 12.6. The molecule has 0 aliphatic heterocycles. The Hall–Kier alpha value is -2.82. The van der Waals surface area contributed by atoms with Gasteiger partial charge in [-0.3, -0.25) is 4.79 Å². The topological polar surface area (TPSA) is 58.6 Å². The van der Waals surface area contributed by atoms with Crippen molar-refractivity contribution in [3.8, 4) is 5.75 Å². The fraction of sp³-hybridized carbons (Fsp3) is 0.0952. The number of ether oxygens (including phenoxy) is 1. The maximum Gasteiger partial charge on any atom is 0.255 e. The average molecular weight is 368 g/mol. The zero-order valence-electron chi connectivity index (χ0n) is 14.1. The lowest BCUT2D eigenvalue weighted by atomic mass is 9.99. The smallest absolute Gasteiger partial charge is 0.255 e. The summed E-state index contributed by atoms with van der Waals surface area (Å²) in [5, 5.41) is 14.1. The van der Waals surface area contributed by atoms with Gasteiger partial charge in [0, 0.05) is 21.8 Å². The Morgan fingerprint density at radius 3 is 2.54 bits per heavy atom. The lowest BCUT2D eigenvalue weighted by Crippen LogP contribution is -2.15. The lowest BCUT2D eigenvalue weighted by Gasteiger charge is -2.17. The molecule has 0 saturated heterocycles. The van der Waals surface area contributed by atoms with Gasteiger partial charge in [0.15, 0.2) is 0 Å². The van der Waals surface area contributed by atoms with Crippen LogP contribution in [0.15, 0.2) is 72.8 Å². The highest BCUT2D eigenvalue weighted by molar-refractivity contribution is 6.30. The second-order valence-corrected chi connectivity index (χ2v) is 6.17. The molecule has 5 heteroatoms. The van der Waals surface area contributed by atoms with Crippen molar-refractivity contribution in [2.45, 2.75) is 6.10 Å². The predicted octanol–water partition coefficient (Wildman–Crippen LogP) is 4.68. The summed E-state index contributed by atoms with van der Waals surface area (Å²) in [6, 6.07) is 21.1. The number of anilines is 1. The number of aliphatic hydroxyl groups excluding tert-OH is 1. The fourth-order valence-electron chi connectivity index (χ4n) is 2.65. The van der Waals surface area contributed by atoms with E-state index >= 15 is 0 Å². The van der Waals surface area contributed by atoms with Gasteiger partial charge in [0.25, 0.3) is 5.91 Å². The number of amides is 1. The van der Waals surface area contributed by atoms with Crippen molar-refractivity contribution in [2.75, 3.05) is 12.4 Å². The zero-order valence-corrected chi connectivity index (χ0v) is 14.9. The van der Waals surface area contributed by atoms with E-state index in [0.717, 1.165) is 0 Å². The van der Waals surface area contributed by atoms with Gasteiger partial charge in [-0.05, 0) is 42.0 Å². The number of rotatable bonds is 5. The van der Waals surface area contributed by atoms with Gasteiger partial charge in [0.2, 0.25) is 0 Å². The molecule has 3 aromatic rings. The monoisotopic (exact) mass is 367 g/mol. The number of hydrogen-bond donors (Lipinski definition) is 2. The minimum Gasteiger partial charge on any atom is -0.497 e. The normalized spacial score (nSPS) is 11.7. The van der Waals surface area contributed by atoms with E-state index in [1.165, 1.54) is 0 Å². The van der Waals surface area contributed by atoms with Gasteiger partial charge in [-0.25, -0.2) is 0 Å². The van der Waals surface area contributed by atoms with E-state index in [4.69, 9.17) is 16.3 Å². The third kappa shape index (κ3) is 4.04. The Kier molecular flexibility index (Phi) is 5.56. The van der Waals surface area contributed by atoms with Crippen molar-refractivity contribution < 1.29 is 14.6 Å². The number of nitrogens with one attached hydrogen (secondary N) is 1. The van der Waals surface area contributed by atoms with Crippen molar-refractivity contribution in [3.63, 3.8) is 0 Å². The maximum absolute atomic E-state index is 12.6. The highest BCUT2D eigenvalue weighted by Gasteiger charge is 2.17. The molecule has 1 atom stereocenters. The van der Waals surface area contributed by atoms with Gasteiger partial charge in [-0.15, -0.1) is 0 Å². The molecule has 0 saturated carbocycles. The number of benzene rings is 3. The Morgan fingerprint density at radius 2 is 1.81 bits per heavy atom. The van der Waals surface area contributed by atoms with Crippen LogP contribution in [0.5, 0.6) is 5.75 Å². The molecule has 3 rings (SSSR count). The SMILES string of the molecule is COc1cccc(C(=O)Nc2ccc(Cl)cc2[C@@H](O)c2ccccc2)c1. The second kappa shape index (κ2) is 8.04. The first-order valence-electron chi connectivity index (χ1n) is 8.06. The van der Waals surface area contributed by atoms with E-state index in [1.807, 2.05) is 30.3 Å². The molecule has 0 fully saturated rings. The van der Waals surface area contributed by atoms with Gasteiger partial charge in [0.1, 0.15) is 11.9 Å². The number of halogens is 1. The number of carbonyl (C=O) groups excluding carboxylic acids is 1. The molecular weight excluding hydrogens is 350 g/mol. The zero-order chi connectivity index (χ0) is 18.5. The molecule has 0 aromatic heterocycles. The van der Waals surface area contributed by atoms with Crippen molar-refractivity contribution >= 4 is 23.2 Å². The van der Waals surface area contributed by atoms with Crippen LogP contribution in [0.4, 0.5) is 5.69 Å². The summed E-state index contributed by atoms with van der Waals surface area (Å²) in [6.45, 7) is 0. The Balaban J connectivity index is 1.91.